The Morgan fingerprint density at radius 1 is 1.50 bits per heavy atom. The number of aromatic hydroxyl groups is 1. The second kappa shape index (κ2) is 4.84. The summed E-state index contributed by atoms with van der Waals surface area (Å²) in [7, 11) is 0. The molecule has 16 heavy (non-hydrogen) atoms. The highest BCUT2D eigenvalue weighted by Crippen LogP contribution is 2.31. The number of nitrogens with zero attached hydrogens (tertiary/aromatic N) is 1. The number of nitro benzene ring substituents is 1. The van der Waals surface area contributed by atoms with E-state index in [0.29, 0.717) is 0 Å². The second-order valence-corrected chi connectivity index (χ2v) is 3.18. The van der Waals surface area contributed by atoms with Gasteiger partial charge in [-0.1, -0.05) is 6.07 Å². The zero-order valence-electron chi connectivity index (χ0n) is 8.14. The summed E-state index contributed by atoms with van der Waals surface area (Å²) in [6.07, 6.45) is -2.68. The van der Waals surface area contributed by atoms with E-state index in [2.05, 4.69) is 0 Å². The first kappa shape index (κ1) is 12.3. The monoisotopic (exact) mass is 232 g/mol. The van der Waals surface area contributed by atoms with E-state index < -0.39 is 28.7 Å². The van der Waals surface area contributed by atoms with Crippen molar-refractivity contribution < 1.29 is 18.8 Å². The van der Waals surface area contributed by atoms with Crippen LogP contribution in [-0.2, 0) is 0 Å². The highest BCUT2D eigenvalue weighted by molar-refractivity contribution is 5.48. The fraction of sp³-hybridized carbons (Fsp3) is 0.333. The summed E-state index contributed by atoms with van der Waals surface area (Å²) in [5.74, 6) is -1.87. The number of nitrogens with two attached hydrogens (primary N) is 1. The van der Waals surface area contributed by atoms with Crippen molar-refractivity contribution in [1.29, 1.82) is 0 Å². The molecule has 7 heteroatoms. The summed E-state index contributed by atoms with van der Waals surface area (Å²) in [5, 5.41) is 19.6. The molecular weight excluding hydrogens is 222 g/mol. The fourth-order valence-corrected chi connectivity index (χ4v) is 1.31. The molecule has 0 amide bonds. The van der Waals surface area contributed by atoms with Crippen molar-refractivity contribution in [1.82, 2.24) is 0 Å². The lowest BCUT2D eigenvalue weighted by Gasteiger charge is -2.13. The Kier molecular flexibility index (Phi) is 3.73. The Morgan fingerprint density at radius 3 is 2.50 bits per heavy atom. The van der Waals surface area contributed by atoms with Crippen LogP contribution in [0.3, 0.4) is 0 Å². The Morgan fingerprint density at radius 2 is 2.12 bits per heavy atom. The van der Waals surface area contributed by atoms with Crippen molar-refractivity contribution in [2.45, 2.75) is 12.3 Å². The van der Waals surface area contributed by atoms with Crippen molar-refractivity contribution in [2.24, 2.45) is 5.73 Å². The number of hydrogen-bond donors (Lipinski definition) is 2. The van der Waals surface area contributed by atoms with Crippen molar-refractivity contribution in [3.63, 3.8) is 0 Å². The molecule has 0 saturated carbocycles. The fourth-order valence-electron chi connectivity index (χ4n) is 1.31. The molecule has 0 heterocycles. The number of phenols is 1. The van der Waals surface area contributed by atoms with Crippen LogP contribution in [0.15, 0.2) is 18.2 Å². The number of phenolic OH excluding ortho intramolecular Hbond substituents is 1. The SMILES string of the molecule is NCC(c1ccc([N+](=O)[O-])c(O)c1)C(F)F. The Hall–Kier alpha value is -1.76. The number of benzene rings is 1. The number of nitro groups is 1. The van der Waals surface area contributed by atoms with Gasteiger partial charge in [0.1, 0.15) is 0 Å². The summed E-state index contributed by atoms with van der Waals surface area (Å²) in [6, 6.07) is 3.10. The standard InChI is InChI=1S/C9H10F2N2O3/c10-9(11)6(4-12)5-1-2-7(13(15)16)8(14)3-5/h1-3,6,9,14H,4,12H2. The minimum atomic E-state index is -2.68. The van der Waals surface area contributed by atoms with Gasteiger partial charge >= 0.3 is 5.69 Å². The average Bonchev–Trinajstić information content (AvgIpc) is 2.17. The quantitative estimate of drug-likeness (QED) is 0.609. The van der Waals surface area contributed by atoms with Crippen molar-refractivity contribution >= 4 is 5.69 Å². The van der Waals surface area contributed by atoms with Crippen LogP contribution in [0.2, 0.25) is 0 Å². The van der Waals surface area contributed by atoms with Gasteiger partial charge in [0.25, 0.3) is 0 Å². The third-order valence-electron chi connectivity index (χ3n) is 2.18. The Labute approximate surface area is 89.6 Å². The lowest BCUT2D eigenvalue weighted by atomic mass is 9.99. The number of hydrogen-bond acceptors (Lipinski definition) is 4. The van der Waals surface area contributed by atoms with Crippen LogP contribution in [0.25, 0.3) is 0 Å². The molecule has 0 bridgehead atoms. The summed E-state index contributed by atoms with van der Waals surface area (Å²) >= 11 is 0. The van der Waals surface area contributed by atoms with Crippen LogP contribution in [0, 0.1) is 10.1 Å². The van der Waals surface area contributed by atoms with Gasteiger partial charge in [0.15, 0.2) is 5.75 Å². The third-order valence-corrected chi connectivity index (χ3v) is 2.18. The summed E-state index contributed by atoms with van der Waals surface area (Å²) in [6.45, 7) is -0.297. The molecule has 3 N–H and O–H groups in total. The molecule has 0 fully saturated rings. The zero-order chi connectivity index (χ0) is 12.3. The van der Waals surface area contributed by atoms with Crippen LogP contribution in [0.1, 0.15) is 11.5 Å². The molecule has 88 valence electrons. The van der Waals surface area contributed by atoms with E-state index in [1.165, 1.54) is 6.07 Å². The predicted octanol–water partition coefficient (Wildman–Crippen LogP) is 1.61. The van der Waals surface area contributed by atoms with Gasteiger partial charge in [0.05, 0.1) is 10.8 Å². The molecule has 1 aromatic carbocycles. The molecule has 1 rings (SSSR count). The number of rotatable bonds is 4. The molecule has 0 aliphatic heterocycles. The minimum Gasteiger partial charge on any atom is -0.502 e. The van der Waals surface area contributed by atoms with E-state index in [-0.39, 0.29) is 12.1 Å². The third kappa shape index (κ3) is 2.43. The molecular formula is C9H10F2N2O3. The lowest BCUT2D eigenvalue weighted by Crippen LogP contribution is -2.19. The summed E-state index contributed by atoms with van der Waals surface area (Å²) in [5.41, 5.74) is 4.72. The first-order valence-corrected chi connectivity index (χ1v) is 4.43. The lowest BCUT2D eigenvalue weighted by molar-refractivity contribution is -0.385. The zero-order valence-corrected chi connectivity index (χ0v) is 8.14. The van der Waals surface area contributed by atoms with E-state index in [1.807, 2.05) is 0 Å². The molecule has 0 aromatic heterocycles. The van der Waals surface area contributed by atoms with Gasteiger partial charge in [-0.25, -0.2) is 8.78 Å². The van der Waals surface area contributed by atoms with Gasteiger partial charge in [-0.2, -0.15) is 0 Å². The number of alkyl halides is 2. The molecule has 0 saturated heterocycles. The Balaban J connectivity index is 3.09. The van der Waals surface area contributed by atoms with Crippen LogP contribution in [0.4, 0.5) is 14.5 Å². The molecule has 0 aliphatic rings. The molecule has 1 unspecified atom stereocenters. The maximum Gasteiger partial charge on any atom is 0.310 e. The highest BCUT2D eigenvalue weighted by Gasteiger charge is 2.23. The first-order chi connectivity index (χ1) is 7.47. The molecule has 0 radical (unpaired) electrons. The molecule has 0 spiro atoms. The molecule has 1 aromatic rings. The minimum absolute atomic E-state index is 0.0839. The largest absolute Gasteiger partial charge is 0.502 e. The van der Waals surface area contributed by atoms with E-state index in [1.54, 1.807) is 0 Å². The highest BCUT2D eigenvalue weighted by atomic mass is 19.3. The van der Waals surface area contributed by atoms with E-state index in [9.17, 15) is 24.0 Å². The molecule has 1 atom stereocenters. The van der Waals surface area contributed by atoms with Gasteiger partial charge < -0.3 is 10.8 Å². The van der Waals surface area contributed by atoms with Gasteiger partial charge in [-0.05, 0) is 11.6 Å². The van der Waals surface area contributed by atoms with E-state index in [4.69, 9.17) is 5.73 Å². The smallest absolute Gasteiger partial charge is 0.310 e. The van der Waals surface area contributed by atoms with Crippen molar-refractivity contribution in [3.8, 4) is 5.75 Å². The normalized spacial score (nSPS) is 12.8. The van der Waals surface area contributed by atoms with Gasteiger partial charge in [0, 0.05) is 12.6 Å². The summed E-state index contributed by atoms with van der Waals surface area (Å²) < 4.78 is 25.0. The van der Waals surface area contributed by atoms with Crippen LogP contribution in [0.5, 0.6) is 5.75 Å². The molecule has 5 nitrogen and oxygen atoms in total. The van der Waals surface area contributed by atoms with Gasteiger partial charge in [-0.15, -0.1) is 0 Å². The topological polar surface area (TPSA) is 89.4 Å². The first-order valence-electron chi connectivity index (χ1n) is 4.43. The van der Waals surface area contributed by atoms with Crippen LogP contribution in [-0.4, -0.2) is 23.0 Å². The maximum atomic E-state index is 12.5. The second-order valence-electron chi connectivity index (χ2n) is 3.18. The van der Waals surface area contributed by atoms with Crippen molar-refractivity contribution in [2.75, 3.05) is 6.54 Å². The average molecular weight is 232 g/mol. The number of halogens is 2. The van der Waals surface area contributed by atoms with Crippen LogP contribution >= 0.6 is 0 Å². The summed E-state index contributed by atoms with van der Waals surface area (Å²) in [4.78, 5) is 9.59. The molecule has 0 aliphatic carbocycles. The van der Waals surface area contributed by atoms with Gasteiger partial charge in [-0.3, -0.25) is 10.1 Å². The van der Waals surface area contributed by atoms with E-state index >= 15 is 0 Å². The van der Waals surface area contributed by atoms with E-state index in [0.717, 1.165) is 12.1 Å². The maximum absolute atomic E-state index is 12.5. The van der Waals surface area contributed by atoms with Gasteiger partial charge in [0.2, 0.25) is 6.43 Å². The van der Waals surface area contributed by atoms with Crippen LogP contribution < -0.4 is 5.73 Å². The predicted molar refractivity (Wildman–Crippen MR) is 52.6 cm³/mol. The van der Waals surface area contributed by atoms with Crippen molar-refractivity contribution in [3.05, 3.63) is 33.9 Å². The Bertz CT molecular complexity index is 398.